The zero-order chi connectivity index (χ0) is 19.1. The van der Waals surface area contributed by atoms with Crippen molar-refractivity contribution in [1.82, 2.24) is 10.6 Å². The molecule has 0 amide bonds. The maximum atomic E-state index is 6.21. The predicted octanol–water partition coefficient (Wildman–Crippen LogP) is 4.78. The summed E-state index contributed by atoms with van der Waals surface area (Å²) in [5.74, 6) is 2.18. The van der Waals surface area contributed by atoms with E-state index in [-0.39, 0.29) is 0 Å². The van der Waals surface area contributed by atoms with Crippen LogP contribution in [0.4, 0.5) is 0 Å². The van der Waals surface area contributed by atoms with Gasteiger partial charge in [0.2, 0.25) is 0 Å². The molecule has 1 fully saturated rings. The van der Waals surface area contributed by atoms with Gasteiger partial charge < -0.3 is 20.1 Å². The third-order valence-corrected chi connectivity index (χ3v) is 5.99. The van der Waals surface area contributed by atoms with Gasteiger partial charge in [0.25, 0.3) is 0 Å². The van der Waals surface area contributed by atoms with Crippen LogP contribution in [0.25, 0.3) is 0 Å². The van der Waals surface area contributed by atoms with E-state index in [4.69, 9.17) is 21.1 Å². The van der Waals surface area contributed by atoms with Crippen molar-refractivity contribution in [3.63, 3.8) is 0 Å². The molecule has 3 rings (SSSR count). The molecule has 0 aromatic heterocycles. The quantitative estimate of drug-likeness (QED) is 0.604. The van der Waals surface area contributed by atoms with Crippen molar-refractivity contribution < 1.29 is 9.47 Å². The van der Waals surface area contributed by atoms with E-state index in [2.05, 4.69) is 26.6 Å². The summed E-state index contributed by atoms with van der Waals surface area (Å²) in [6, 6.07) is 11.7. The summed E-state index contributed by atoms with van der Waals surface area (Å²) in [6.45, 7) is 4.49. The van der Waals surface area contributed by atoms with E-state index in [1.165, 1.54) is 12.8 Å². The highest BCUT2D eigenvalue weighted by molar-refractivity contribution is 9.10. The van der Waals surface area contributed by atoms with Gasteiger partial charge in [-0.05, 0) is 62.2 Å². The fourth-order valence-electron chi connectivity index (χ4n) is 3.25. The number of hydrogen-bond acceptors (Lipinski definition) is 4. The Morgan fingerprint density at radius 3 is 2.67 bits per heavy atom. The van der Waals surface area contributed by atoms with Crippen molar-refractivity contribution in [3.05, 3.63) is 57.0 Å². The molecule has 2 aromatic rings. The molecule has 0 aliphatic carbocycles. The highest BCUT2D eigenvalue weighted by atomic mass is 79.9. The first-order chi connectivity index (χ1) is 13.2. The van der Waals surface area contributed by atoms with Crippen molar-refractivity contribution in [2.24, 2.45) is 5.92 Å². The van der Waals surface area contributed by atoms with E-state index < -0.39 is 0 Å². The van der Waals surface area contributed by atoms with Crippen LogP contribution in [0.15, 0.2) is 40.9 Å². The molecule has 146 valence electrons. The summed E-state index contributed by atoms with van der Waals surface area (Å²) in [5, 5.41) is 7.69. The molecule has 27 heavy (non-hydrogen) atoms. The number of ether oxygens (including phenoxy) is 2. The maximum absolute atomic E-state index is 6.21. The zero-order valence-electron chi connectivity index (χ0n) is 15.6. The number of hydrogen-bond donors (Lipinski definition) is 2. The number of benzene rings is 2. The number of nitrogens with one attached hydrogen (secondary N) is 2. The second-order valence-electron chi connectivity index (χ2n) is 6.80. The van der Waals surface area contributed by atoms with Crippen molar-refractivity contribution in [1.29, 1.82) is 0 Å². The van der Waals surface area contributed by atoms with Gasteiger partial charge in [0.15, 0.2) is 11.5 Å². The highest BCUT2D eigenvalue weighted by Crippen LogP contribution is 2.34. The summed E-state index contributed by atoms with van der Waals surface area (Å²) in [4.78, 5) is 0. The SMILES string of the molecule is COc1cc(CNCC2CCNCC2)c(Br)cc1OCc1ccccc1Cl. The van der Waals surface area contributed by atoms with Crippen molar-refractivity contribution in [2.75, 3.05) is 26.7 Å². The Hall–Kier alpha value is -1.27. The Labute approximate surface area is 174 Å². The first-order valence-electron chi connectivity index (χ1n) is 9.31. The Morgan fingerprint density at radius 1 is 1.15 bits per heavy atom. The van der Waals surface area contributed by atoms with Gasteiger partial charge in [-0.2, -0.15) is 0 Å². The van der Waals surface area contributed by atoms with Gasteiger partial charge >= 0.3 is 0 Å². The summed E-state index contributed by atoms with van der Waals surface area (Å²) < 4.78 is 12.5. The highest BCUT2D eigenvalue weighted by Gasteiger charge is 2.14. The molecule has 2 aromatic carbocycles. The molecule has 0 spiro atoms. The van der Waals surface area contributed by atoms with Crippen LogP contribution < -0.4 is 20.1 Å². The lowest BCUT2D eigenvalue weighted by Crippen LogP contribution is -2.33. The lowest BCUT2D eigenvalue weighted by Gasteiger charge is -2.23. The van der Waals surface area contributed by atoms with Gasteiger partial charge in [-0.15, -0.1) is 0 Å². The fraction of sp³-hybridized carbons (Fsp3) is 0.429. The minimum atomic E-state index is 0.399. The van der Waals surface area contributed by atoms with E-state index in [1.54, 1.807) is 7.11 Å². The van der Waals surface area contributed by atoms with E-state index >= 15 is 0 Å². The summed E-state index contributed by atoms with van der Waals surface area (Å²) >= 11 is 9.87. The topological polar surface area (TPSA) is 42.5 Å². The third-order valence-electron chi connectivity index (χ3n) is 4.88. The Balaban J connectivity index is 1.61. The van der Waals surface area contributed by atoms with Crippen LogP contribution in [-0.2, 0) is 13.2 Å². The number of halogens is 2. The lowest BCUT2D eigenvalue weighted by molar-refractivity contribution is 0.284. The molecule has 0 saturated carbocycles. The molecule has 0 radical (unpaired) electrons. The van der Waals surface area contributed by atoms with E-state index in [0.29, 0.717) is 17.4 Å². The van der Waals surface area contributed by atoms with Crippen LogP contribution in [0.1, 0.15) is 24.0 Å². The molecule has 0 bridgehead atoms. The fourth-order valence-corrected chi connectivity index (χ4v) is 3.91. The van der Waals surface area contributed by atoms with E-state index in [0.717, 1.165) is 53.4 Å². The molecular formula is C21H26BrClN2O2. The van der Waals surface area contributed by atoms with Gasteiger partial charge in [0, 0.05) is 21.6 Å². The second kappa shape index (κ2) is 10.3. The molecular weight excluding hydrogens is 428 g/mol. The molecule has 6 heteroatoms. The minimum absolute atomic E-state index is 0.399. The largest absolute Gasteiger partial charge is 0.493 e. The Morgan fingerprint density at radius 2 is 1.93 bits per heavy atom. The maximum Gasteiger partial charge on any atom is 0.162 e. The normalized spacial score (nSPS) is 14.9. The van der Waals surface area contributed by atoms with Crippen LogP contribution in [0.5, 0.6) is 11.5 Å². The molecule has 4 nitrogen and oxygen atoms in total. The summed E-state index contributed by atoms with van der Waals surface area (Å²) in [6.07, 6.45) is 2.48. The van der Waals surface area contributed by atoms with Crippen molar-refractivity contribution >= 4 is 27.5 Å². The van der Waals surface area contributed by atoms with Crippen LogP contribution >= 0.6 is 27.5 Å². The average molecular weight is 454 g/mol. The molecule has 0 atom stereocenters. The molecule has 0 unspecified atom stereocenters. The van der Waals surface area contributed by atoms with Crippen molar-refractivity contribution in [3.8, 4) is 11.5 Å². The van der Waals surface area contributed by atoms with Gasteiger partial charge in [-0.1, -0.05) is 45.7 Å². The second-order valence-corrected chi connectivity index (χ2v) is 8.06. The molecule has 1 aliphatic heterocycles. The third kappa shape index (κ3) is 5.85. The average Bonchev–Trinajstić information content (AvgIpc) is 2.69. The first-order valence-corrected chi connectivity index (χ1v) is 10.5. The Kier molecular flexibility index (Phi) is 7.82. The van der Waals surface area contributed by atoms with Gasteiger partial charge in [-0.25, -0.2) is 0 Å². The van der Waals surface area contributed by atoms with Crippen LogP contribution in [0.2, 0.25) is 5.02 Å². The predicted molar refractivity (Wildman–Crippen MR) is 114 cm³/mol. The number of piperidine rings is 1. The molecule has 2 N–H and O–H groups in total. The van der Waals surface area contributed by atoms with Crippen LogP contribution in [0, 0.1) is 5.92 Å². The van der Waals surface area contributed by atoms with Gasteiger partial charge in [0.1, 0.15) is 6.61 Å². The standard InChI is InChI=1S/C21H26BrClN2O2/c1-26-20-10-17(13-25-12-15-6-8-24-9-7-15)18(22)11-21(20)27-14-16-4-2-3-5-19(16)23/h2-5,10-11,15,24-25H,6-9,12-14H2,1H3. The van der Waals surface area contributed by atoms with Crippen molar-refractivity contribution in [2.45, 2.75) is 26.0 Å². The smallest absolute Gasteiger partial charge is 0.162 e. The number of rotatable bonds is 8. The molecule has 1 saturated heterocycles. The minimum Gasteiger partial charge on any atom is -0.493 e. The monoisotopic (exact) mass is 452 g/mol. The van der Waals surface area contributed by atoms with E-state index in [1.807, 2.05) is 36.4 Å². The number of methoxy groups -OCH3 is 1. The van der Waals surface area contributed by atoms with Crippen LogP contribution in [0.3, 0.4) is 0 Å². The Bertz CT molecular complexity index is 751. The van der Waals surface area contributed by atoms with Gasteiger partial charge in [-0.3, -0.25) is 0 Å². The van der Waals surface area contributed by atoms with Crippen LogP contribution in [-0.4, -0.2) is 26.7 Å². The van der Waals surface area contributed by atoms with E-state index in [9.17, 15) is 0 Å². The lowest BCUT2D eigenvalue weighted by atomic mass is 9.98. The van der Waals surface area contributed by atoms with Gasteiger partial charge in [0.05, 0.1) is 7.11 Å². The summed E-state index contributed by atoms with van der Waals surface area (Å²) in [7, 11) is 1.66. The molecule has 1 heterocycles. The zero-order valence-corrected chi connectivity index (χ0v) is 17.9. The molecule has 1 aliphatic rings. The first kappa shape index (κ1) is 20.5. The summed E-state index contributed by atoms with van der Waals surface area (Å²) in [5.41, 5.74) is 2.11.